The van der Waals surface area contributed by atoms with Crippen LogP contribution in [0.1, 0.15) is 41.6 Å². The molecule has 2 aliphatic rings. The highest BCUT2D eigenvalue weighted by molar-refractivity contribution is 5.92. The molecule has 12 heteroatoms. The van der Waals surface area contributed by atoms with E-state index in [9.17, 15) is 19.5 Å². The van der Waals surface area contributed by atoms with Crippen molar-refractivity contribution in [2.24, 2.45) is 0 Å². The van der Waals surface area contributed by atoms with Crippen LogP contribution in [0.4, 0.5) is 0 Å². The number of phenolic OH excluding ortho intramolecular Hbond substituents is 1. The standard InChI is InChI=1S/C32H35NO11/c1-5-39-29(36)19(2)17-41-28-26(33-20(3)34)32(40-15-9-10-21-13-14-24(35)23(16-21)30(37)38-4)43-25-18-42-31(44-27(25)28)22-11-7-6-8-12-22/h6-8,11-14,16,25-28,31-32,35H,2,5,15,17-18H2,1,3-4H3,(H,33,34)/t25-,26-,27+,28+,31+,32+/m0/s1. The van der Waals surface area contributed by atoms with Crippen LogP contribution in [-0.4, -0.2) is 87.1 Å². The second-order valence-electron chi connectivity index (χ2n) is 9.88. The fourth-order valence-electron chi connectivity index (χ4n) is 4.72. The molecule has 0 saturated carbocycles. The van der Waals surface area contributed by atoms with Gasteiger partial charge in [0, 0.05) is 18.1 Å². The Labute approximate surface area is 255 Å². The first-order valence-corrected chi connectivity index (χ1v) is 13.9. The van der Waals surface area contributed by atoms with E-state index in [1.807, 2.05) is 30.3 Å². The maximum Gasteiger partial charge on any atom is 0.341 e. The van der Waals surface area contributed by atoms with Crippen molar-refractivity contribution < 1.29 is 52.6 Å². The van der Waals surface area contributed by atoms with Crippen LogP contribution >= 0.6 is 0 Å². The van der Waals surface area contributed by atoms with Gasteiger partial charge in [0.1, 0.15) is 42.3 Å². The second kappa shape index (κ2) is 15.5. The molecule has 2 N–H and O–H groups in total. The van der Waals surface area contributed by atoms with Crippen LogP contribution in [0.15, 0.2) is 60.7 Å². The van der Waals surface area contributed by atoms with Gasteiger partial charge in [-0.3, -0.25) is 4.79 Å². The van der Waals surface area contributed by atoms with Crippen molar-refractivity contribution in [2.45, 2.75) is 50.8 Å². The summed E-state index contributed by atoms with van der Waals surface area (Å²) in [5.74, 6) is 3.80. The number of rotatable bonds is 10. The minimum absolute atomic E-state index is 0.0249. The van der Waals surface area contributed by atoms with Gasteiger partial charge in [-0.25, -0.2) is 9.59 Å². The summed E-state index contributed by atoms with van der Waals surface area (Å²) in [4.78, 5) is 36.4. The van der Waals surface area contributed by atoms with Gasteiger partial charge in [0.15, 0.2) is 12.6 Å². The van der Waals surface area contributed by atoms with Crippen molar-refractivity contribution in [1.82, 2.24) is 5.32 Å². The molecule has 44 heavy (non-hydrogen) atoms. The van der Waals surface area contributed by atoms with Gasteiger partial charge in [-0.2, -0.15) is 0 Å². The van der Waals surface area contributed by atoms with Crippen molar-refractivity contribution in [1.29, 1.82) is 0 Å². The van der Waals surface area contributed by atoms with Gasteiger partial charge >= 0.3 is 11.9 Å². The van der Waals surface area contributed by atoms with E-state index in [1.165, 1.54) is 32.2 Å². The minimum atomic E-state index is -1.04. The van der Waals surface area contributed by atoms with Crippen molar-refractivity contribution in [3.05, 3.63) is 77.4 Å². The zero-order valence-electron chi connectivity index (χ0n) is 24.6. The lowest BCUT2D eigenvalue weighted by molar-refractivity contribution is -0.346. The molecule has 0 spiro atoms. The molecule has 0 radical (unpaired) electrons. The second-order valence-corrected chi connectivity index (χ2v) is 9.88. The molecule has 2 aliphatic heterocycles. The number of carbonyl (C=O) groups excluding carboxylic acids is 3. The Morgan fingerprint density at radius 3 is 2.59 bits per heavy atom. The fourth-order valence-corrected chi connectivity index (χ4v) is 4.72. The van der Waals surface area contributed by atoms with Gasteiger partial charge in [-0.1, -0.05) is 48.8 Å². The minimum Gasteiger partial charge on any atom is -0.507 e. The SMILES string of the molecule is C=C(CO[C@@H]1[C@H](NC(C)=O)[C@H](OCC#Cc2ccc(O)c(C(=O)OC)c2)O[C@H]2CO[C@@H](c3ccccc3)O[C@@H]12)C(=O)OCC. The van der Waals surface area contributed by atoms with Crippen molar-refractivity contribution >= 4 is 17.8 Å². The third kappa shape index (κ3) is 8.22. The van der Waals surface area contributed by atoms with Gasteiger partial charge in [0.05, 0.1) is 32.5 Å². The Morgan fingerprint density at radius 2 is 1.89 bits per heavy atom. The highest BCUT2D eigenvalue weighted by Gasteiger charge is 2.51. The van der Waals surface area contributed by atoms with Gasteiger partial charge in [-0.05, 0) is 25.1 Å². The van der Waals surface area contributed by atoms with Crippen LogP contribution in [-0.2, 0) is 42.7 Å². The molecule has 2 aromatic carbocycles. The third-order valence-corrected chi connectivity index (χ3v) is 6.75. The summed E-state index contributed by atoms with van der Waals surface area (Å²) in [6.45, 7) is 6.78. The molecule has 0 bridgehead atoms. The summed E-state index contributed by atoms with van der Waals surface area (Å²) in [6, 6.07) is 12.7. The summed E-state index contributed by atoms with van der Waals surface area (Å²) in [5.41, 5.74) is 1.29. The predicted octanol–water partition coefficient (Wildman–Crippen LogP) is 2.40. The molecule has 234 valence electrons. The fraction of sp³-hybridized carbons (Fsp3) is 0.406. The lowest BCUT2D eigenvalue weighted by Gasteiger charge is -2.49. The Balaban J connectivity index is 1.54. The molecular weight excluding hydrogens is 574 g/mol. The molecule has 2 fully saturated rings. The van der Waals surface area contributed by atoms with Gasteiger partial charge in [-0.15, -0.1) is 0 Å². The Kier molecular flexibility index (Phi) is 11.5. The number of ether oxygens (including phenoxy) is 7. The first-order chi connectivity index (χ1) is 21.2. The molecule has 6 atom stereocenters. The summed E-state index contributed by atoms with van der Waals surface area (Å²) in [5, 5.41) is 12.8. The molecule has 2 aromatic rings. The quantitative estimate of drug-likeness (QED) is 0.232. The lowest BCUT2D eigenvalue weighted by Crippen LogP contribution is -2.67. The zero-order chi connectivity index (χ0) is 31.6. The van der Waals surface area contributed by atoms with Crippen LogP contribution < -0.4 is 5.32 Å². The summed E-state index contributed by atoms with van der Waals surface area (Å²) in [6.07, 6.45) is -3.99. The number of hydrogen-bond donors (Lipinski definition) is 2. The summed E-state index contributed by atoms with van der Waals surface area (Å²) >= 11 is 0. The van der Waals surface area contributed by atoms with Gasteiger partial charge in [0.2, 0.25) is 5.91 Å². The van der Waals surface area contributed by atoms with Crippen molar-refractivity contribution in [2.75, 3.05) is 33.5 Å². The molecule has 12 nitrogen and oxygen atoms in total. The number of carbonyl (C=O) groups is 3. The smallest absolute Gasteiger partial charge is 0.341 e. The van der Waals surface area contributed by atoms with Crippen LogP contribution in [0.3, 0.4) is 0 Å². The maximum atomic E-state index is 12.3. The van der Waals surface area contributed by atoms with Crippen molar-refractivity contribution in [3.8, 4) is 17.6 Å². The van der Waals surface area contributed by atoms with E-state index in [-0.39, 0.29) is 49.2 Å². The van der Waals surface area contributed by atoms with Crippen molar-refractivity contribution in [3.63, 3.8) is 0 Å². The molecule has 1 amide bonds. The third-order valence-electron chi connectivity index (χ3n) is 6.75. The van der Waals surface area contributed by atoms with E-state index in [1.54, 1.807) is 6.92 Å². The molecule has 0 aromatic heterocycles. The van der Waals surface area contributed by atoms with E-state index in [4.69, 9.17) is 28.4 Å². The maximum absolute atomic E-state index is 12.3. The predicted molar refractivity (Wildman–Crippen MR) is 154 cm³/mol. The Bertz CT molecular complexity index is 1400. The first-order valence-electron chi connectivity index (χ1n) is 13.9. The number of fused-ring (bicyclic) bond motifs is 1. The van der Waals surface area contributed by atoms with E-state index < -0.39 is 48.9 Å². The number of phenols is 1. The van der Waals surface area contributed by atoms with Gasteiger partial charge in [0.25, 0.3) is 0 Å². The summed E-state index contributed by atoms with van der Waals surface area (Å²) < 4.78 is 40.3. The molecule has 0 aliphatic carbocycles. The number of amides is 1. The Morgan fingerprint density at radius 1 is 1.11 bits per heavy atom. The lowest BCUT2D eigenvalue weighted by atomic mass is 9.95. The highest BCUT2D eigenvalue weighted by Crippen LogP contribution is 2.36. The molecule has 4 rings (SSSR count). The van der Waals surface area contributed by atoms with Crippen LogP contribution in [0.25, 0.3) is 0 Å². The highest BCUT2D eigenvalue weighted by atomic mass is 16.7. The first kappa shape index (κ1) is 32.7. The molecule has 2 saturated heterocycles. The van der Waals surface area contributed by atoms with Crippen LogP contribution in [0, 0.1) is 11.8 Å². The van der Waals surface area contributed by atoms with Crippen LogP contribution in [0.2, 0.25) is 0 Å². The Hall–Kier alpha value is -4.25. The van der Waals surface area contributed by atoms with Gasteiger partial charge < -0.3 is 43.6 Å². The largest absolute Gasteiger partial charge is 0.507 e. The van der Waals surface area contributed by atoms with E-state index in [0.717, 1.165) is 5.56 Å². The van der Waals surface area contributed by atoms with E-state index >= 15 is 0 Å². The molecule has 0 unspecified atom stereocenters. The normalized spacial score (nSPS) is 24.2. The van der Waals surface area contributed by atoms with Crippen LogP contribution in [0.5, 0.6) is 5.75 Å². The summed E-state index contributed by atoms with van der Waals surface area (Å²) in [7, 11) is 1.21. The molecule has 2 heterocycles. The topological polar surface area (TPSA) is 148 Å². The zero-order valence-corrected chi connectivity index (χ0v) is 24.6. The number of methoxy groups -OCH3 is 1. The monoisotopic (exact) mass is 609 g/mol. The number of benzene rings is 2. The van der Waals surface area contributed by atoms with E-state index in [0.29, 0.717) is 5.56 Å². The average molecular weight is 610 g/mol. The number of hydrogen-bond acceptors (Lipinski definition) is 11. The number of nitrogens with one attached hydrogen (secondary N) is 1. The number of esters is 2. The van der Waals surface area contributed by atoms with E-state index in [2.05, 4.69) is 28.5 Å². The number of aromatic hydroxyl groups is 1. The molecular formula is C32H35NO11. The average Bonchev–Trinajstić information content (AvgIpc) is 3.02.